The second-order valence-electron chi connectivity index (χ2n) is 6.49. The topological polar surface area (TPSA) is 55.3 Å². The van der Waals surface area contributed by atoms with Crippen LogP contribution in [0.4, 0.5) is 15.9 Å². The monoisotopic (exact) mass is 469 g/mol. The number of carbonyl (C=O) groups excluding carboxylic acids is 1. The predicted octanol–water partition coefficient (Wildman–Crippen LogP) is 4.62. The Kier molecular flexibility index (Phi) is 5.67. The fourth-order valence-electron chi connectivity index (χ4n) is 2.63. The highest BCUT2D eigenvalue weighted by atomic mass is 127. The van der Waals surface area contributed by atoms with E-state index < -0.39 is 0 Å². The molecule has 1 aliphatic rings. The zero-order chi connectivity index (χ0) is 18.8. The van der Waals surface area contributed by atoms with E-state index in [9.17, 15) is 9.18 Å². The van der Waals surface area contributed by atoms with Gasteiger partial charge in [-0.25, -0.2) is 4.39 Å². The number of hydroxylamine groups is 1. The van der Waals surface area contributed by atoms with Crippen molar-refractivity contribution < 1.29 is 14.0 Å². The van der Waals surface area contributed by atoms with Crippen molar-refractivity contribution in [2.24, 2.45) is 13.0 Å². The third-order valence-electron chi connectivity index (χ3n) is 4.31. The van der Waals surface area contributed by atoms with Gasteiger partial charge in [-0.3, -0.25) is 15.1 Å². The van der Waals surface area contributed by atoms with E-state index in [1.165, 1.54) is 25.8 Å². The number of benzene rings is 1. The van der Waals surface area contributed by atoms with Crippen molar-refractivity contribution in [3.05, 3.63) is 51.5 Å². The molecule has 0 amide bonds. The molecule has 0 spiro atoms. The van der Waals surface area contributed by atoms with E-state index in [0.29, 0.717) is 41.0 Å². The number of hydrogen-bond donors (Lipinski definition) is 2. The van der Waals surface area contributed by atoms with Gasteiger partial charge in [-0.15, -0.1) is 0 Å². The molecule has 2 aromatic rings. The Morgan fingerprint density at radius 1 is 1.42 bits per heavy atom. The summed E-state index contributed by atoms with van der Waals surface area (Å²) in [5.74, 6) is 0.730. The van der Waals surface area contributed by atoms with E-state index in [1.54, 1.807) is 23.7 Å². The van der Waals surface area contributed by atoms with Crippen molar-refractivity contribution in [3.8, 4) is 0 Å². The second-order valence-corrected chi connectivity index (χ2v) is 7.74. The molecule has 1 aliphatic carbocycles. The third kappa shape index (κ3) is 4.27. The molecule has 3 rings (SSSR count). The minimum absolute atomic E-state index is 0.0865. The fourth-order valence-corrected chi connectivity index (χ4v) is 3.08. The largest absolute Gasteiger partial charge is 0.339 e. The predicted molar refractivity (Wildman–Crippen MR) is 109 cm³/mol. The van der Waals surface area contributed by atoms with Gasteiger partial charge in [0.05, 0.1) is 23.7 Å². The van der Waals surface area contributed by atoms with Gasteiger partial charge in [0.2, 0.25) is 0 Å². The summed E-state index contributed by atoms with van der Waals surface area (Å²) in [6.07, 6.45) is 2.37. The van der Waals surface area contributed by atoms with Crippen LogP contribution in [0, 0.1) is 15.3 Å². The molecule has 138 valence electrons. The number of hydrogen-bond acceptors (Lipinski definition) is 4. The number of carbonyl (C=O) groups is 1. The first-order valence-electron chi connectivity index (χ1n) is 8.36. The minimum atomic E-state index is -0.364. The summed E-state index contributed by atoms with van der Waals surface area (Å²) >= 11 is 2.06. The maximum atomic E-state index is 14.3. The number of nitrogens with zero attached hydrogens (tertiary/aromatic N) is 1. The molecule has 1 saturated carbocycles. The third-order valence-corrected chi connectivity index (χ3v) is 4.99. The van der Waals surface area contributed by atoms with Crippen LogP contribution in [-0.2, 0) is 11.9 Å². The second kappa shape index (κ2) is 7.79. The average Bonchev–Trinajstić information content (AvgIpc) is 3.33. The Hall–Kier alpha value is -1.87. The number of Topliss-reactive ketones (excluding diaryl/α,β-unsaturated/α-hetero) is 1. The molecule has 0 bridgehead atoms. The maximum Gasteiger partial charge on any atom is 0.176 e. The fraction of sp³-hybridized carbons (Fsp3) is 0.316. The van der Waals surface area contributed by atoms with E-state index in [0.717, 1.165) is 3.57 Å². The summed E-state index contributed by atoms with van der Waals surface area (Å²) in [7, 11) is 1.76. The lowest BCUT2D eigenvalue weighted by Crippen LogP contribution is -2.15. The molecule has 1 aromatic carbocycles. The summed E-state index contributed by atoms with van der Waals surface area (Å²) in [6, 6.07) is 6.65. The number of aromatic nitrogens is 1. The summed E-state index contributed by atoms with van der Waals surface area (Å²) < 4.78 is 16.8. The zero-order valence-electron chi connectivity index (χ0n) is 14.7. The van der Waals surface area contributed by atoms with Gasteiger partial charge in [0, 0.05) is 23.1 Å². The highest BCUT2D eigenvalue weighted by molar-refractivity contribution is 14.1. The molecule has 0 atom stereocenters. The first-order valence-corrected chi connectivity index (χ1v) is 9.44. The molecule has 0 aliphatic heterocycles. The summed E-state index contributed by atoms with van der Waals surface area (Å²) in [5.41, 5.74) is 4.85. The van der Waals surface area contributed by atoms with E-state index in [4.69, 9.17) is 4.84 Å². The van der Waals surface area contributed by atoms with Gasteiger partial charge >= 0.3 is 0 Å². The number of rotatable bonds is 8. The molecular formula is C19H21FIN3O2. The van der Waals surface area contributed by atoms with Crippen LogP contribution in [0.2, 0.25) is 0 Å². The van der Waals surface area contributed by atoms with Crippen molar-refractivity contribution >= 4 is 45.6 Å². The van der Waals surface area contributed by atoms with Gasteiger partial charge < -0.3 is 9.88 Å². The number of ketones is 1. The Bertz CT molecular complexity index is 859. The van der Waals surface area contributed by atoms with Gasteiger partial charge in [-0.05, 0) is 65.6 Å². The maximum absolute atomic E-state index is 14.3. The molecule has 0 radical (unpaired) electrons. The molecule has 1 fully saturated rings. The first kappa shape index (κ1) is 18.9. The lowest BCUT2D eigenvalue weighted by atomic mass is 10.2. The Morgan fingerprint density at radius 3 is 2.77 bits per heavy atom. The Labute approximate surface area is 165 Å². The minimum Gasteiger partial charge on any atom is -0.339 e. The lowest BCUT2D eigenvalue weighted by Gasteiger charge is -2.14. The van der Waals surface area contributed by atoms with Gasteiger partial charge in [0.25, 0.3) is 0 Å². The van der Waals surface area contributed by atoms with Crippen LogP contribution in [0.15, 0.2) is 30.8 Å². The number of nitrogens with one attached hydrogen (secondary N) is 2. The molecule has 2 N–H and O–H groups in total. The van der Waals surface area contributed by atoms with E-state index in [2.05, 4.69) is 40.0 Å². The normalized spacial score (nSPS) is 13.5. The zero-order valence-corrected chi connectivity index (χ0v) is 16.9. The van der Waals surface area contributed by atoms with Gasteiger partial charge in [-0.2, -0.15) is 0 Å². The molecular weight excluding hydrogens is 448 g/mol. The first-order chi connectivity index (χ1) is 12.4. The van der Waals surface area contributed by atoms with E-state index >= 15 is 0 Å². The molecule has 26 heavy (non-hydrogen) atoms. The van der Waals surface area contributed by atoms with E-state index in [-0.39, 0.29) is 11.6 Å². The standard InChI is InChI=1S/C19H21FIN3O2/c1-11(23-26-10-13-4-5-13)15-9-18(12(2)25)24(3)19(15)22-17-7-6-14(21)8-16(17)20/h6-9,13,22-23H,1,4-5,10H2,2-3H3. The summed E-state index contributed by atoms with van der Waals surface area (Å²) in [4.78, 5) is 17.4. The summed E-state index contributed by atoms with van der Waals surface area (Å²) in [6.45, 7) is 6.12. The van der Waals surface area contributed by atoms with Crippen LogP contribution >= 0.6 is 22.6 Å². The smallest absolute Gasteiger partial charge is 0.176 e. The Balaban J connectivity index is 1.88. The van der Waals surface area contributed by atoms with Crippen LogP contribution in [0.1, 0.15) is 35.8 Å². The van der Waals surface area contributed by atoms with Crippen LogP contribution < -0.4 is 10.8 Å². The molecule has 0 saturated heterocycles. The molecule has 0 unspecified atom stereocenters. The highest BCUT2D eigenvalue weighted by Crippen LogP contribution is 2.31. The molecule has 1 aromatic heterocycles. The lowest BCUT2D eigenvalue weighted by molar-refractivity contribution is 0.0701. The Morgan fingerprint density at radius 2 is 2.15 bits per heavy atom. The molecule has 7 heteroatoms. The number of halogens is 2. The average molecular weight is 469 g/mol. The van der Waals surface area contributed by atoms with Gasteiger partial charge in [-0.1, -0.05) is 6.58 Å². The number of anilines is 2. The summed E-state index contributed by atoms with van der Waals surface area (Å²) in [5, 5.41) is 3.08. The van der Waals surface area contributed by atoms with Crippen LogP contribution in [0.25, 0.3) is 5.70 Å². The highest BCUT2D eigenvalue weighted by Gasteiger charge is 2.22. The molecule has 5 nitrogen and oxygen atoms in total. The van der Waals surface area contributed by atoms with Gasteiger partial charge in [0.1, 0.15) is 11.6 Å². The van der Waals surface area contributed by atoms with Crippen molar-refractivity contribution in [1.82, 2.24) is 10.0 Å². The van der Waals surface area contributed by atoms with E-state index in [1.807, 2.05) is 6.07 Å². The van der Waals surface area contributed by atoms with Crippen molar-refractivity contribution in [2.75, 3.05) is 11.9 Å². The SMILES string of the molecule is C=C(NOCC1CC1)c1cc(C(C)=O)n(C)c1Nc1ccc(I)cc1F. The quantitative estimate of drug-likeness (QED) is 0.337. The van der Waals surface area contributed by atoms with Crippen LogP contribution in [-0.4, -0.2) is 17.0 Å². The van der Waals surface area contributed by atoms with Crippen molar-refractivity contribution in [1.29, 1.82) is 0 Å². The van der Waals surface area contributed by atoms with Crippen molar-refractivity contribution in [2.45, 2.75) is 19.8 Å². The van der Waals surface area contributed by atoms with Crippen LogP contribution in [0.5, 0.6) is 0 Å². The van der Waals surface area contributed by atoms with Crippen LogP contribution in [0.3, 0.4) is 0 Å². The molecule has 1 heterocycles. The van der Waals surface area contributed by atoms with Gasteiger partial charge in [0.15, 0.2) is 5.78 Å². The van der Waals surface area contributed by atoms with Crippen molar-refractivity contribution in [3.63, 3.8) is 0 Å².